The molecule has 1 aliphatic rings. The summed E-state index contributed by atoms with van der Waals surface area (Å²) in [6, 6.07) is 9.96. The molecule has 3 rings (SSSR count). The van der Waals surface area contributed by atoms with E-state index in [4.69, 9.17) is 4.42 Å². The van der Waals surface area contributed by atoms with Crippen LogP contribution in [0, 0.1) is 0 Å². The van der Waals surface area contributed by atoms with Crippen LogP contribution in [0.25, 0.3) is 0 Å². The van der Waals surface area contributed by atoms with Gasteiger partial charge in [-0.05, 0) is 61.6 Å². The summed E-state index contributed by atoms with van der Waals surface area (Å²) in [5.41, 5.74) is 3.66. The van der Waals surface area contributed by atoms with Crippen LogP contribution in [-0.2, 0) is 17.6 Å². The van der Waals surface area contributed by atoms with Crippen molar-refractivity contribution in [3.05, 3.63) is 53.5 Å². The molecule has 2 aromatic rings. The molecule has 1 heterocycles. The molecule has 0 saturated carbocycles. The molecule has 4 nitrogen and oxygen atoms in total. The zero-order chi connectivity index (χ0) is 14.7. The Labute approximate surface area is 124 Å². The summed E-state index contributed by atoms with van der Waals surface area (Å²) in [5, 5.41) is 6.09. The molecule has 21 heavy (non-hydrogen) atoms. The van der Waals surface area contributed by atoms with Crippen molar-refractivity contribution in [3.63, 3.8) is 0 Å². The van der Waals surface area contributed by atoms with Crippen LogP contribution in [0.5, 0.6) is 0 Å². The van der Waals surface area contributed by atoms with E-state index < -0.39 is 0 Å². The molecule has 4 heteroatoms. The highest BCUT2D eigenvalue weighted by atomic mass is 16.3. The number of fused-ring (bicyclic) bond motifs is 1. The maximum absolute atomic E-state index is 12.0. The largest absolute Gasteiger partial charge is 0.468 e. The number of benzene rings is 1. The molecule has 1 amide bonds. The van der Waals surface area contributed by atoms with E-state index in [9.17, 15) is 4.79 Å². The van der Waals surface area contributed by atoms with E-state index in [-0.39, 0.29) is 18.5 Å². The van der Waals surface area contributed by atoms with Crippen LogP contribution in [0.3, 0.4) is 0 Å². The zero-order valence-corrected chi connectivity index (χ0v) is 12.2. The number of carbonyl (C=O) groups is 1. The lowest BCUT2D eigenvalue weighted by Crippen LogP contribution is -2.30. The summed E-state index contributed by atoms with van der Waals surface area (Å²) < 4.78 is 5.30. The molecule has 0 saturated heterocycles. The molecular formula is C17H20N2O2. The summed E-state index contributed by atoms with van der Waals surface area (Å²) in [7, 11) is 0. The van der Waals surface area contributed by atoms with Gasteiger partial charge in [-0.3, -0.25) is 10.1 Å². The smallest absolute Gasteiger partial charge is 0.238 e. The number of nitrogens with one attached hydrogen (secondary N) is 2. The van der Waals surface area contributed by atoms with Crippen LogP contribution in [0.1, 0.15) is 36.3 Å². The number of aryl methyl sites for hydroxylation is 2. The lowest BCUT2D eigenvalue weighted by molar-refractivity contribution is -0.115. The Bertz CT molecular complexity index is 620. The third-order valence-corrected chi connectivity index (χ3v) is 3.92. The third kappa shape index (κ3) is 3.34. The van der Waals surface area contributed by atoms with Gasteiger partial charge in [0.1, 0.15) is 5.76 Å². The van der Waals surface area contributed by atoms with E-state index in [1.54, 1.807) is 6.26 Å². The Kier molecular flexibility index (Phi) is 4.06. The number of rotatable bonds is 5. The van der Waals surface area contributed by atoms with Gasteiger partial charge in [0.05, 0.1) is 18.8 Å². The number of hydrogen-bond donors (Lipinski definition) is 2. The minimum absolute atomic E-state index is 0.0192. The average Bonchev–Trinajstić information content (AvgIpc) is 3.15. The molecule has 0 unspecified atom stereocenters. The molecule has 1 atom stereocenters. The highest BCUT2D eigenvalue weighted by molar-refractivity contribution is 5.92. The Morgan fingerprint density at radius 1 is 1.29 bits per heavy atom. The van der Waals surface area contributed by atoms with Gasteiger partial charge in [0.25, 0.3) is 0 Å². The molecule has 110 valence electrons. The first-order chi connectivity index (χ1) is 10.2. The second-order valence-electron chi connectivity index (χ2n) is 5.50. The van der Waals surface area contributed by atoms with Crippen molar-refractivity contribution in [2.24, 2.45) is 0 Å². The van der Waals surface area contributed by atoms with E-state index in [0.717, 1.165) is 24.3 Å². The second-order valence-corrected chi connectivity index (χ2v) is 5.50. The summed E-state index contributed by atoms with van der Waals surface area (Å²) in [6.07, 6.45) is 5.13. The molecule has 1 aromatic carbocycles. The maximum atomic E-state index is 12.0. The topological polar surface area (TPSA) is 54.3 Å². The highest BCUT2D eigenvalue weighted by Crippen LogP contribution is 2.24. The Balaban J connectivity index is 1.52. The van der Waals surface area contributed by atoms with Gasteiger partial charge < -0.3 is 9.73 Å². The molecular weight excluding hydrogens is 264 g/mol. The van der Waals surface area contributed by atoms with Gasteiger partial charge in [-0.2, -0.15) is 0 Å². The fourth-order valence-corrected chi connectivity index (χ4v) is 2.74. The SMILES string of the molecule is C[C@H](NCC(=O)Nc1ccc2c(c1)CCC2)c1ccco1. The van der Waals surface area contributed by atoms with Crippen LogP contribution >= 0.6 is 0 Å². The van der Waals surface area contributed by atoms with E-state index in [0.29, 0.717) is 0 Å². The Hall–Kier alpha value is -2.07. The minimum Gasteiger partial charge on any atom is -0.468 e. The standard InChI is InChI=1S/C17H20N2O2/c1-12(16-6-3-9-21-16)18-11-17(20)19-15-8-7-13-4-2-5-14(13)10-15/h3,6-10,12,18H,2,4-5,11H2,1H3,(H,19,20)/t12-/m0/s1. The number of hydrogen-bond acceptors (Lipinski definition) is 3. The number of anilines is 1. The van der Waals surface area contributed by atoms with Gasteiger partial charge in [0.2, 0.25) is 5.91 Å². The first kappa shape index (κ1) is 13.9. The van der Waals surface area contributed by atoms with Gasteiger partial charge in [0.15, 0.2) is 0 Å². The van der Waals surface area contributed by atoms with Gasteiger partial charge in [0, 0.05) is 5.69 Å². The predicted octanol–water partition coefficient (Wildman–Crippen LogP) is 3.06. The lowest BCUT2D eigenvalue weighted by Gasteiger charge is -2.12. The summed E-state index contributed by atoms with van der Waals surface area (Å²) in [5.74, 6) is 0.798. The Morgan fingerprint density at radius 2 is 2.14 bits per heavy atom. The van der Waals surface area contributed by atoms with Crippen LogP contribution < -0.4 is 10.6 Å². The van der Waals surface area contributed by atoms with Crippen molar-refractivity contribution in [2.45, 2.75) is 32.2 Å². The normalized spacial score (nSPS) is 14.7. The van der Waals surface area contributed by atoms with Crippen molar-refractivity contribution >= 4 is 11.6 Å². The number of furan rings is 1. The van der Waals surface area contributed by atoms with E-state index in [1.165, 1.54) is 17.5 Å². The Morgan fingerprint density at radius 3 is 2.95 bits per heavy atom. The first-order valence-electron chi connectivity index (χ1n) is 7.41. The second kappa shape index (κ2) is 6.14. The molecule has 0 bridgehead atoms. The van der Waals surface area contributed by atoms with Gasteiger partial charge in [-0.15, -0.1) is 0 Å². The third-order valence-electron chi connectivity index (χ3n) is 3.92. The van der Waals surface area contributed by atoms with E-state index in [2.05, 4.69) is 22.8 Å². The molecule has 0 radical (unpaired) electrons. The monoisotopic (exact) mass is 284 g/mol. The zero-order valence-electron chi connectivity index (χ0n) is 12.2. The van der Waals surface area contributed by atoms with Crippen molar-refractivity contribution in [1.29, 1.82) is 0 Å². The predicted molar refractivity (Wildman–Crippen MR) is 82.2 cm³/mol. The molecule has 2 N–H and O–H groups in total. The van der Waals surface area contributed by atoms with Gasteiger partial charge >= 0.3 is 0 Å². The van der Waals surface area contributed by atoms with Gasteiger partial charge in [-0.1, -0.05) is 6.07 Å². The molecule has 0 aliphatic heterocycles. The maximum Gasteiger partial charge on any atom is 0.238 e. The highest BCUT2D eigenvalue weighted by Gasteiger charge is 2.13. The van der Waals surface area contributed by atoms with Crippen LogP contribution in [0.15, 0.2) is 41.0 Å². The average molecular weight is 284 g/mol. The summed E-state index contributed by atoms with van der Waals surface area (Å²) in [4.78, 5) is 12.0. The lowest BCUT2D eigenvalue weighted by atomic mass is 10.1. The van der Waals surface area contributed by atoms with Crippen LogP contribution in [0.4, 0.5) is 5.69 Å². The van der Waals surface area contributed by atoms with Crippen molar-refractivity contribution < 1.29 is 9.21 Å². The summed E-state index contributed by atoms with van der Waals surface area (Å²) >= 11 is 0. The minimum atomic E-state index is -0.0358. The van der Waals surface area contributed by atoms with E-state index >= 15 is 0 Å². The molecule has 0 fully saturated rings. The van der Waals surface area contributed by atoms with Crippen LogP contribution in [-0.4, -0.2) is 12.5 Å². The van der Waals surface area contributed by atoms with Gasteiger partial charge in [-0.25, -0.2) is 0 Å². The fraction of sp³-hybridized carbons (Fsp3) is 0.353. The molecule has 1 aromatic heterocycles. The van der Waals surface area contributed by atoms with Crippen LogP contribution in [0.2, 0.25) is 0 Å². The quantitative estimate of drug-likeness (QED) is 0.887. The molecule has 0 spiro atoms. The number of carbonyl (C=O) groups excluding carboxylic acids is 1. The number of amides is 1. The molecule has 1 aliphatic carbocycles. The first-order valence-corrected chi connectivity index (χ1v) is 7.41. The van der Waals surface area contributed by atoms with E-state index in [1.807, 2.05) is 25.1 Å². The van der Waals surface area contributed by atoms with Crippen molar-refractivity contribution in [3.8, 4) is 0 Å². The fourth-order valence-electron chi connectivity index (χ4n) is 2.74. The summed E-state index contributed by atoms with van der Waals surface area (Å²) in [6.45, 7) is 2.24. The van der Waals surface area contributed by atoms with Crippen molar-refractivity contribution in [1.82, 2.24) is 5.32 Å². The van der Waals surface area contributed by atoms with Crippen molar-refractivity contribution in [2.75, 3.05) is 11.9 Å².